The Kier molecular flexibility index (Phi) is 4.55. The molecule has 6 heteroatoms. The smallest absolute Gasteiger partial charge is 0.161 e. The van der Waals surface area contributed by atoms with Gasteiger partial charge in [0, 0.05) is 37.0 Å². The molecule has 0 amide bonds. The number of carbonyl (C=O) groups excluding carboxylic acids is 1. The molecular weight excluding hydrogens is 342 g/mol. The number of carbonyl (C=O) groups is 1. The van der Waals surface area contributed by atoms with E-state index in [0.29, 0.717) is 25.0 Å². The first kappa shape index (κ1) is 18.5. The molecule has 1 aromatic carbocycles. The maximum atomic E-state index is 12.4. The maximum absolute atomic E-state index is 12.4. The fourth-order valence-electron chi connectivity index (χ4n) is 5.67. The third kappa shape index (κ3) is 2.19. The van der Waals surface area contributed by atoms with Crippen molar-refractivity contribution in [3.63, 3.8) is 0 Å². The molecule has 0 aromatic heterocycles. The standard InChI is InChI=1S/C19H25NO4.ClH/c1-20-9-8-18-11-13(21)6-7-19(18,24-3)15(20)10-12-4-5-14(23-2)17(22)16(12)18;/h4-5,15,22H,6-11H2,1-3H3;1H/t15-,18-,19?;/m1./s1. The van der Waals surface area contributed by atoms with Gasteiger partial charge in [-0.2, -0.15) is 0 Å². The van der Waals surface area contributed by atoms with Crippen LogP contribution in [-0.4, -0.2) is 55.2 Å². The number of ketones is 1. The Morgan fingerprint density at radius 3 is 2.72 bits per heavy atom. The van der Waals surface area contributed by atoms with E-state index in [9.17, 15) is 9.90 Å². The largest absolute Gasteiger partial charge is 0.504 e. The molecule has 0 spiro atoms. The van der Waals surface area contributed by atoms with Crippen molar-refractivity contribution < 1.29 is 19.4 Å². The van der Waals surface area contributed by atoms with E-state index in [-0.39, 0.29) is 30.0 Å². The molecule has 4 rings (SSSR count). The Bertz CT molecular complexity index is 709. The summed E-state index contributed by atoms with van der Waals surface area (Å²) in [5.41, 5.74) is 1.12. The SMILES string of the molecule is COc1ccc2c(c1O)[C@]13CCN(C)[C@H](C2)C1(OC)CCC(=O)C3.Cl. The minimum Gasteiger partial charge on any atom is -0.504 e. The Balaban J connectivity index is 0.00000182. The second kappa shape index (κ2) is 6.15. The van der Waals surface area contributed by atoms with Crippen molar-refractivity contribution in [3.8, 4) is 11.5 Å². The molecule has 1 aliphatic heterocycles. The average molecular weight is 368 g/mol. The van der Waals surface area contributed by atoms with Crippen molar-refractivity contribution in [3.05, 3.63) is 23.3 Å². The third-order valence-electron chi connectivity index (χ3n) is 6.75. The number of likely N-dealkylation sites (tertiary alicyclic amines) is 1. The molecule has 1 N–H and O–H groups in total. The predicted molar refractivity (Wildman–Crippen MR) is 96.9 cm³/mol. The van der Waals surface area contributed by atoms with E-state index in [4.69, 9.17) is 9.47 Å². The highest BCUT2D eigenvalue weighted by Gasteiger charge is 2.66. The molecule has 1 aromatic rings. The number of benzene rings is 1. The van der Waals surface area contributed by atoms with Crippen molar-refractivity contribution in [2.75, 3.05) is 27.8 Å². The lowest BCUT2D eigenvalue weighted by molar-refractivity contribution is -0.183. The number of phenols is 1. The number of ether oxygens (including phenoxy) is 2. The van der Waals surface area contributed by atoms with Crippen LogP contribution in [-0.2, 0) is 21.4 Å². The summed E-state index contributed by atoms with van der Waals surface area (Å²) in [4.78, 5) is 14.8. The van der Waals surface area contributed by atoms with Crippen molar-refractivity contribution in [1.82, 2.24) is 4.90 Å². The van der Waals surface area contributed by atoms with Crippen LogP contribution in [0.1, 0.15) is 36.8 Å². The Morgan fingerprint density at radius 2 is 2.04 bits per heavy atom. The summed E-state index contributed by atoms with van der Waals surface area (Å²) >= 11 is 0. The number of fused-ring (bicyclic) bond motifs is 1. The van der Waals surface area contributed by atoms with E-state index in [0.717, 1.165) is 30.5 Å². The van der Waals surface area contributed by atoms with Crippen LogP contribution < -0.4 is 4.74 Å². The van der Waals surface area contributed by atoms with E-state index < -0.39 is 11.0 Å². The highest BCUT2D eigenvalue weighted by atomic mass is 35.5. The first-order chi connectivity index (χ1) is 11.5. The van der Waals surface area contributed by atoms with Gasteiger partial charge in [-0.3, -0.25) is 4.79 Å². The molecule has 2 aliphatic carbocycles. The van der Waals surface area contributed by atoms with Crippen LogP contribution in [0.4, 0.5) is 0 Å². The van der Waals surface area contributed by atoms with Gasteiger partial charge >= 0.3 is 0 Å². The number of aromatic hydroxyl groups is 1. The van der Waals surface area contributed by atoms with Gasteiger partial charge in [0.2, 0.25) is 0 Å². The normalized spacial score (nSPS) is 33.9. The van der Waals surface area contributed by atoms with Crippen LogP contribution in [0.15, 0.2) is 12.1 Å². The van der Waals surface area contributed by atoms with Crippen LogP contribution in [0, 0.1) is 0 Å². The highest BCUT2D eigenvalue weighted by molar-refractivity contribution is 5.85. The van der Waals surface area contributed by atoms with Gasteiger partial charge in [0.05, 0.1) is 12.7 Å². The number of Topliss-reactive ketones (excluding diaryl/α,β-unsaturated/α-hetero) is 1. The number of methoxy groups -OCH3 is 2. The van der Waals surface area contributed by atoms with Gasteiger partial charge in [-0.05, 0) is 44.5 Å². The Labute approximate surface area is 154 Å². The quantitative estimate of drug-likeness (QED) is 0.870. The number of hydrogen-bond donors (Lipinski definition) is 1. The fourth-order valence-corrected chi connectivity index (χ4v) is 5.67. The summed E-state index contributed by atoms with van der Waals surface area (Å²) in [6, 6.07) is 4.09. The Hall–Kier alpha value is -1.30. The van der Waals surface area contributed by atoms with Crippen LogP contribution in [0.3, 0.4) is 0 Å². The Morgan fingerprint density at radius 1 is 1.28 bits per heavy atom. The zero-order chi connectivity index (χ0) is 17.1. The van der Waals surface area contributed by atoms with Crippen LogP contribution in [0.5, 0.6) is 11.5 Å². The van der Waals surface area contributed by atoms with E-state index >= 15 is 0 Å². The van der Waals surface area contributed by atoms with Crippen molar-refractivity contribution >= 4 is 18.2 Å². The van der Waals surface area contributed by atoms with Crippen molar-refractivity contribution in [1.29, 1.82) is 0 Å². The molecule has 5 nitrogen and oxygen atoms in total. The third-order valence-corrected chi connectivity index (χ3v) is 6.75. The van der Waals surface area contributed by atoms with Crippen LogP contribution in [0.2, 0.25) is 0 Å². The molecular formula is C19H26ClNO4. The highest BCUT2D eigenvalue weighted by Crippen LogP contribution is 2.61. The number of rotatable bonds is 2. The van der Waals surface area contributed by atoms with E-state index in [1.807, 2.05) is 12.1 Å². The minimum absolute atomic E-state index is 0. The van der Waals surface area contributed by atoms with E-state index in [2.05, 4.69) is 11.9 Å². The molecule has 1 saturated heterocycles. The summed E-state index contributed by atoms with van der Waals surface area (Å²) in [7, 11) is 5.47. The van der Waals surface area contributed by atoms with Crippen LogP contribution in [0.25, 0.3) is 0 Å². The van der Waals surface area contributed by atoms with Gasteiger partial charge in [0.25, 0.3) is 0 Å². The molecule has 2 bridgehead atoms. The van der Waals surface area contributed by atoms with E-state index in [1.54, 1.807) is 14.2 Å². The van der Waals surface area contributed by atoms with Crippen molar-refractivity contribution in [2.24, 2.45) is 0 Å². The van der Waals surface area contributed by atoms with Gasteiger partial charge in [0.1, 0.15) is 5.78 Å². The molecule has 2 fully saturated rings. The summed E-state index contributed by atoms with van der Waals surface area (Å²) in [6.07, 6.45) is 3.35. The lowest BCUT2D eigenvalue weighted by Gasteiger charge is -2.64. The molecule has 3 aliphatic rings. The number of likely N-dealkylation sites (N-methyl/N-ethyl adjacent to an activating group) is 1. The number of hydrogen-bond acceptors (Lipinski definition) is 5. The minimum atomic E-state index is -0.458. The zero-order valence-electron chi connectivity index (χ0n) is 15.0. The van der Waals surface area contributed by atoms with Gasteiger partial charge in [-0.15, -0.1) is 12.4 Å². The second-order valence-electron chi connectivity index (χ2n) is 7.49. The monoisotopic (exact) mass is 367 g/mol. The lowest BCUT2D eigenvalue weighted by atomic mass is 9.49. The molecule has 138 valence electrons. The van der Waals surface area contributed by atoms with Crippen LogP contribution >= 0.6 is 12.4 Å². The molecule has 1 heterocycles. The second-order valence-corrected chi connectivity index (χ2v) is 7.49. The number of phenolic OH excluding ortho intramolecular Hbond substituents is 1. The number of piperidine rings is 1. The van der Waals surface area contributed by atoms with Gasteiger partial charge in [-0.25, -0.2) is 0 Å². The van der Waals surface area contributed by atoms with Gasteiger partial charge < -0.3 is 19.5 Å². The predicted octanol–water partition coefficient (Wildman–Crippen LogP) is 2.46. The summed E-state index contributed by atoms with van der Waals surface area (Å²) in [6.45, 7) is 0.902. The molecule has 3 atom stereocenters. The lowest BCUT2D eigenvalue weighted by Crippen LogP contribution is -2.73. The maximum Gasteiger partial charge on any atom is 0.161 e. The molecule has 0 radical (unpaired) electrons. The van der Waals surface area contributed by atoms with Gasteiger partial charge in [-0.1, -0.05) is 6.07 Å². The summed E-state index contributed by atoms with van der Waals surface area (Å²) in [5.74, 6) is 0.929. The zero-order valence-corrected chi connectivity index (χ0v) is 15.8. The number of halogens is 1. The first-order valence-electron chi connectivity index (χ1n) is 8.65. The fraction of sp³-hybridized carbons (Fsp3) is 0.632. The van der Waals surface area contributed by atoms with Crippen molar-refractivity contribution in [2.45, 2.75) is 49.2 Å². The van der Waals surface area contributed by atoms with Gasteiger partial charge in [0.15, 0.2) is 11.5 Å². The molecule has 1 unspecified atom stereocenters. The number of nitrogens with zero attached hydrogens (tertiary/aromatic N) is 1. The molecule has 25 heavy (non-hydrogen) atoms. The summed E-state index contributed by atoms with van der Waals surface area (Å²) in [5, 5.41) is 10.9. The first-order valence-corrected chi connectivity index (χ1v) is 8.65. The van der Waals surface area contributed by atoms with E-state index in [1.165, 1.54) is 0 Å². The molecule has 1 saturated carbocycles. The summed E-state index contributed by atoms with van der Waals surface area (Å²) < 4.78 is 11.6. The topological polar surface area (TPSA) is 59.0 Å². The average Bonchev–Trinajstić information content (AvgIpc) is 2.58.